The molecule has 100 valence electrons. The average Bonchev–Trinajstić information content (AvgIpc) is 2.85. The van der Waals surface area contributed by atoms with Crippen LogP contribution < -0.4 is 5.32 Å². The Bertz CT molecular complexity index is 580. The Hall–Kier alpha value is -2.37. The molecule has 0 fully saturated rings. The summed E-state index contributed by atoms with van der Waals surface area (Å²) in [6.07, 6.45) is 2.67. The Morgan fingerprint density at radius 2 is 2.21 bits per heavy atom. The number of rotatable bonds is 4. The first-order chi connectivity index (χ1) is 9.08. The Morgan fingerprint density at radius 1 is 1.42 bits per heavy atom. The van der Waals surface area contributed by atoms with Crippen LogP contribution >= 0.6 is 0 Å². The molecule has 0 bridgehead atoms. The number of halogens is 1. The van der Waals surface area contributed by atoms with Crippen LogP contribution in [0.3, 0.4) is 0 Å². The number of nitrogens with one attached hydrogen (secondary N) is 2. The maximum Gasteiger partial charge on any atom is 0.269 e. The van der Waals surface area contributed by atoms with Gasteiger partial charge in [0.25, 0.3) is 5.91 Å². The maximum atomic E-state index is 13.3. The third kappa shape index (κ3) is 3.09. The Morgan fingerprint density at radius 3 is 2.89 bits per heavy atom. The molecule has 0 aliphatic rings. The van der Waals surface area contributed by atoms with Gasteiger partial charge in [-0.3, -0.25) is 9.78 Å². The highest BCUT2D eigenvalue weighted by Crippen LogP contribution is 2.12. The first-order valence-corrected chi connectivity index (χ1v) is 5.81. The second-order valence-electron chi connectivity index (χ2n) is 4.31. The highest BCUT2D eigenvalue weighted by atomic mass is 19.1. The van der Waals surface area contributed by atoms with E-state index in [1.165, 1.54) is 11.1 Å². The number of pyridine rings is 1. The molecule has 6 heteroatoms. The third-order valence-corrected chi connectivity index (χ3v) is 2.62. The first-order valence-electron chi connectivity index (χ1n) is 5.81. The van der Waals surface area contributed by atoms with Crippen LogP contribution in [0.4, 0.5) is 10.1 Å². The van der Waals surface area contributed by atoms with Gasteiger partial charge in [0.2, 0.25) is 0 Å². The maximum absolute atomic E-state index is 13.3. The van der Waals surface area contributed by atoms with Gasteiger partial charge in [-0.25, -0.2) is 4.39 Å². The van der Waals surface area contributed by atoms with Gasteiger partial charge in [-0.2, -0.15) is 0 Å². The van der Waals surface area contributed by atoms with Gasteiger partial charge in [0.1, 0.15) is 5.69 Å². The molecule has 2 heterocycles. The summed E-state index contributed by atoms with van der Waals surface area (Å²) in [6, 6.07) is 5.06. The van der Waals surface area contributed by atoms with E-state index < -0.39 is 5.82 Å². The van der Waals surface area contributed by atoms with E-state index in [0.717, 1.165) is 11.9 Å². The number of hydrogen-bond acceptors (Lipinski definition) is 3. The molecule has 0 aliphatic heterocycles. The lowest BCUT2D eigenvalue weighted by atomic mass is 10.3. The second kappa shape index (κ2) is 5.51. The number of hydrogen-bond donors (Lipinski definition) is 2. The first kappa shape index (κ1) is 13.1. The van der Waals surface area contributed by atoms with Crippen LogP contribution in [0.15, 0.2) is 30.6 Å². The van der Waals surface area contributed by atoms with Gasteiger partial charge in [-0.05, 0) is 18.2 Å². The molecule has 2 aromatic rings. The van der Waals surface area contributed by atoms with Gasteiger partial charge >= 0.3 is 0 Å². The predicted octanol–water partition coefficient (Wildman–Crippen LogP) is 1.86. The molecule has 1 amide bonds. The van der Waals surface area contributed by atoms with Crippen molar-refractivity contribution in [2.75, 3.05) is 19.4 Å². The van der Waals surface area contributed by atoms with E-state index in [2.05, 4.69) is 15.3 Å². The zero-order valence-corrected chi connectivity index (χ0v) is 10.8. The lowest BCUT2D eigenvalue weighted by molar-refractivity contribution is 0.0822. The third-order valence-electron chi connectivity index (χ3n) is 2.62. The molecule has 0 aliphatic carbocycles. The minimum Gasteiger partial charge on any atom is -0.377 e. The van der Waals surface area contributed by atoms with E-state index in [9.17, 15) is 9.18 Å². The largest absolute Gasteiger partial charge is 0.377 e. The van der Waals surface area contributed by atoms with Crippen LogP contribution in [0.2, 0.25) is 0 Å². The van der Waals surface area contributed by atoms with Gasteiger partial charge in [-0.15, -0.1) is 0 Å². The van der Waals surface area contributed by atoms with Crippen molar-refractivity contribution in [3.05, 3.63) is 47.8 Å². The van der Waals surface area contributed by atoms with Crippen molar-refractivity contribution in [2.45, 2.75) is 6.54 Å². The standard InChI is InChI=1S/C13H15FN4O/c1-18(2)13(19)12-4-3-9(17-12)7-16-11-5-6-15-8-10(11)14/h3-6,8,17H,7H2,1-2H3,(H,15,16). The molecule has 2 rings (SSSR count). The number of nitrogens with zero attached hydrogens (tertiary/aromatic N) is 2. The minimum atomic E-state index is -0.404. The topological polar surface area (TPSA) is 61.0 Å². The molecule has 0 aromatic carbocycles. The number of aromatic nitrogens is 2. The summed E-state index contributed by atoms with van der Waals surface area (Å²) in [5.41, 5.74) is 1.70. The number of anilines is 1. The van der Waals surface area contributed by atoms with Crippen LogP contribution in [0.5, 0.6) is 0 Å². The molecule has 0 atom stereocenters. The van der Waals surface area contributed by atoms with Gasteiger partial charge in [0, 0.05) is 26.0 Å². The van der Waals surface area contributed by atoms with Crippen molar-refractivity contribution in [1.29, 1.82) is 0 Å². The molecule has 0 saturated carbocycles. The summed E-state index contributed by atoms with van der Waals surface area (Å²) in [5, 5.41) is 2.94. The monoisotopic (exact) mass is 262 g/mol. The molecule has 2 N–H and O–H groups in total. The van der Waals surface area contributed by atoms with E-state index >= 15 is 0 Å². The van der Waals surface area contributed by atoms with E-state index in [-0.39, 0.29) is 5.91 Å². The number of carbonyl (C=O) groups excluding carboxylic acids is 1. The van der Waals surface area contributed by atoms with Crippen molar-refractivity contribution in [2.24, 2.45) is 0 Å². The average molecular weight is 262 g/mol. The van der Waals surface area contributed by atoms with Gasteiger partial charge in [0.05, 0.1) is 18.4 Å². The number of amides is 1. The van der Waals surface area contributed by atoms with Gasteiger partial charge in [-0.1, -0.05) is 0 Å². The normalized spacial score (nSPS) is 10.3. The van der Waals surface area contributed by atoms with Crippen LogP contribution in [-0.4, -0.2) is 34.9 Å². The molecule has 0 unspecified atom stereocenters. The van der Waals surface area contributed by atoms with Crippen LogP contribution in [0, 0.1) is 5.82 Å². The molecule has 5 nitrogen and oxygen atoms in total. The summed E-state index contributed by atoms with van der Waals surface area (Å²) in [4.78, 5) is 19.8. The molecular formula is C13H15FN4O. The summed E-state index contributed by atoms with van der Waals surface area (Å²) in [6.45, 7) is 0.404. The number of H-pyrrole nitrogens is 1. The molecule has 19 heavy (non-hydrogen) atoms. The predicted molar refractivity (Wildman–Crippen MR) is 70.3 cm³/mol. The van der Waals surface area contributed by atoms with E-state index in [4.69, 9.17) is 0 Å². The van der Waals surface area contributed by atoms with E-state index in [1.54, 1.807) is 32.3 Å². The molecule has 2 aromatic heterocycles. The Kier molecular flexibility index (Phi) is 3.79. The summed E-state index contributed by atoms with van der Waals surface area (Å²) >= 11 is 0. The lowest BCUT2D eigenvalue weighted by Crippen LogP contribution is -2.22. The number of aromatic amines is 1. The fourth-order valence-electron chi connectivity index (χ4n) is 1.62. The smallest absolute Gasteiger partial charge is 0.269 e. The molecule has 0 spiro atoms. The summed E-state index contributed by atoms with van der Waals surface area (Å²) in [7, 11) is 3.38. The highest BCUT2D eigenvalue weighted by molar-refractivity contribution is 5.92. The van der Waals surface area contributed by atoms with Crippen molar-refractivity contribution in [1.82, 2.24) is 14.9 Å². The zero-order valence-electron chi connectivity index (χ0n) is 10.8. The van der Waals surface area contributed by atoms with Crippen LogP contribution in [0.25, 0.3) is 0 Å². The Labute approximate surface area is 110 Å². The van der Waals surface area contributed by atoms with Crippen molar-refractivity contribution < 1.29 is 9.18 Å². The lowest BCUT2D eigenvalue weighted by Gasteiger charge is -2.08. The van der Waals surface area contributed by atoms with Crippen molar-refractivity contribution >= 4 is 11.6 Å². The molecule has 0 saturated heterocycles. The number of carbonyl (C=O) groups is 1. The van der Waals surface area contributed by atoms with Gasteiger partial charge in [0.15, 0.2) is 5.82 Å². The van der Waals surface area contributed by atoms with Crippen molar-refractivity contribution in [3.8, 4) is 0 Å². The summed E-state index contributed by atoms with van der Waals surface area (Å²) in [5.74, 6) is -0.500. The fourth-order valence-corrected chi connectivity index (χ4v) is 1.62. The molecule has 0 radical (unpaired) electrons. The quantitative estimate of drug-likeness (QED) is 0.884. The SMILES string of the molecule is CN(C)C(=O)c1ccc(CNc2ccncc2F)[nH]1. The van der Waals surface area contributed by atoms with Gasteiger partial charge < -0.3 is 15.2 Å². The summed E-state index contributed by atoms with van der Waals surface area (Å²) < 4.78 is 13.3. The van der Waals surface area contributed by atoms with Crippen LogP contribution in [0.1, 0.15) is 16.2 Å². The second-order valence-corrected chi connectivity index (χ2v) is 4.31. The zero-order chi connectivity index (χ0) is 13.8. The fraction of sp³-hybridized carbons (Fsp3) is 0.231. The minimum absolute atomic E-state index is 0.0960. The highest BCUT2D eigenvalue weighted by Gasteiger charge is 2.10. The Balaban J connectivity index is 2.01. The van der Waals surface area contributed by atoms with E-state index in [0.29, 0.717) is 17.9 Å². The van der Waals surface area contributed by atoms with Crippen LogP contribution in [-0.2, 0) is 6.54 Å². The molecular weight excluding hydrogens is 247 g/mol. The van der Waals surface area contributed by atoms with Crippen molar-refractivity contribution in [3.63, 3.8) is 0 Å². The van der Waals surface area contributed by atoms with E-state index in [1.807, 2.05) is 0 Å².